The van der Waals surface area contributed by atoms with E-state index in [-0.39, 0.29) is 4.90 Å². The SMILES string of the molecule is CC1(O)CCN(C2=NS(=O)(=O)c3ccccc32)CC1. The molecule has 1 N–H and O–H groups in total. The maximum atomic E-state index is 12.0. The van der Waals surface area contributed by atoms with Crippen molar-refractivity contribution >= 4 is 15.9 Å². The number of amidine groups is 1. The number of likely N-dealkylation sites (tertiary alicyclic amines) is 1. The second kappa shape index (κ2) is 4.05. The molecule has 19 heavy (non-hydrogen) atoms. The van der Waals surface area contributed by atoms with Crippen molar-refractivity contribution in [3.63, 3.8) is 0 Å². The average molecular weight is 280 g/mol. The van der Waals surface area contributed by atoms with Crippen LogP contribution in [-0.4, -0.2) is 43.0 Å². The largest absolute Gasteiger partial charge is 0.390 e. The van der Waals surface area contributed by atoms with Crippen LogP contribution in [0.3, 0.4) is 0 Å². The Kier molecular flexibility index (Phi) is 2.69. The summed E-state index contributed by atoms with van der Waals surface area (Å²) in [5.41, 5.74) is 0.0117. The predicted octanol–water partition coefficient (Wildman–Crippen LogP) is 0.982. The molecular weight excluding hydrogens is 264 g/mol. The number of rotatable bonds is 0. The van der Waals surface area contributed by atoms with Crippen LogP contribution in [0.15, 0.2) is 33.6 Å². The lowest BCUT2D eigenvalue weighted by Gasteiger charge is -2.36. The fraction of sp³-hybridized carbons (Fsp3) is 0.462. The first-order valence-corrected chi connectivity index (χ1v) is 7.75. The van der Waals surface area contributed by atoms with Crippen LogP contribution in [0.1, 0.15) is 25.3 Å². The van der Waals surface area contributed by atoms with Gasteiger partial charge in [-0.2, -0.15) is 8.42 Å². The van der Waals surface area contributed by atoms with Gasteiger partial charge in [-0.05, 0) is 31.9 Å². The molecule has 0 saturated carbocycles. The van der Waals surface area contributed by atoms with Crippen LogP contribution in [0.2, 0.25) is 0 Å². The molecule has 1 saturated heterocycles. The molecule has 6 heteroatoms. The van der Waals surface area contributed by atoms with E-state index in [4.69, 9.17) is 0 Å². The standard InChI is InChI=1S/C13H16N2O3S/c1-13(16)6-8-15(9-7-13)12-10-4-2-3-5-11(10)19(17,18)14-12/h2-5,16H,6-9H2,1H3. The minimum Gasteiger partial charge on any atom is -0.390 e. The lowest BCUT2D eigenvalue weighted by atomic mass is 9.93. The number of hydrogen-bond acceptors (Lipinski definition) is 4. The second-order valence-electron chi connectivity index (χ2n) is 5.37. The number of piperidine rings is 1. The van der Waals surface area contributed by atoms with Crippen LogP contribution in [-0.2, 0) is 10.0 Å². The number of fused-ring (bicyclic) bond motifs is 1. The molecule has 1 aromatic carbocycles. The van der Waals surface area contributed by atoms with Crippen LogP contribution in [0.25, 0.3) is 0 Å². The van der Waals surface area contributed by atoms with Gasteiger partial charge >= 0.3 is 0 Å². The molecule has 2 aliphatic heterocycles. The van der Waals surface area contributed by atoms with Crippen molar-refractivity contribution in [3.8, 4) is 0 Å². The zero-order valence-electron chi connectivity index (χ0n) is 10.7. The van der Waals surface area contributed by atoms with Crippen molar-refractivity contribution < 1.29 is 13.5 Å². The monoisotopic (exact) mass is 280 g/mol. The number of benzene rings is 1. The van der Waals surface area contributed by atoms with Crippen LogP contribution < -0.4 is 0 Å². The summed E-state index contributed by atoms with van der Waals surface area (Å²) < 4.78 is 27.8. The second-order valence-corrected chi connectivity index (χ2v) is 6.94. The first-order valence-electron chi connectivity index (χ1n) is 6.31. The summed E-state index contributed by atoms with van der Waals surface area (Å²) in [5.74, 6) is 0.520. The number of sulfonamides is 1. The highest BCUT2D eigenvalue weighted by atomic mass is 32.2. The van der Waals surface area contributed by atoms with Crippen molar-refractivity contribution in [1.29, 1.82) is 0 Å². The van der Waals surface area contributed by atoms with E-state index in [1.54, 1.807) is 18.2 Å². The third-order valence-electron chi connectivity index (χ3n) is 3.75. The molecule has 0 unspecified atom stereocenters. The van der Waals surface area contributed by atoms with Crippen molar-refractivity contribution in [1.82, 2.24) is 4.90 Å². The molecule has 0 amide bonds. The van der Waals surface area contributed by atoms with E-state index in [2.05, 4.69) is 4.40 Å². The zero-order chi connectivity index (χ0) is 13.7. The normalized spacial score (nSPS) is 23.9. The first kappa shape index (κ1) is 12.6. The fourth-order valence-corrected chi connectivity index (χ4v) is 3.74. The summed E-state index contributed by atoms with van der Waals surface area (Å²) in [6.45, 7) is 3.05. The lowest BCUT2D eigenvalue weighted by Crippen LogP contribution is -2.45. The average Bonchev–Trinajstić information content (AvgIpc) is 2.63. The van der Waals surface area contributed by atoms with Crippen molar-refractivity contribution in [2.45, 2.75) is 30.3 Å². The fourth-order valence-electron chi connectivity index (χ4n) is 2.52. The molecule has 0 bridgehead atoms. The molecule has 0 atom stereocenters. The Morgan fingerprint density at radius 2 is 1.89 bits per heavy atom. The summed E-state index contributed by atoms with van der Waals surface area (Å²) in [6, 6.07) is 6.89. The van der Waals surface area contributed by atoms with Crippen LogP contribution >= 0.6 is 0 Å². The van der Waals surface area contributed by atoms with Gasteiger partial charge < -0.3 is 10.0 Å². The van der Waals surface area contributed by atoms with Gasteiger partial charge in [0.1, 0.15) is 4.90 Å². The molecule has 1 fully saturated rings. The first-order chi connectivity index (χ1) is 8.89. The molecule has 3 rings (SSSR count). The predicted molar refractivity (Wildman–Crippen MR) is 71.6 cm³/mol. The topological polar surface area (TPSA) is 70.0 Å². The maximum absolute atomic E-state index is 12.0. The van der Waals surface area contributed by atoms with E-state index < -0.39 is 15.6 Å². The highest BCUT2D eigenvalue weighted by molar-refractivity contribution is 7.90. The van der Waals surface area contributed by atoms with Gasteiger partial charge in [0.25, 0.3) is 10.0 Å². The minimum atomic E-state index is -3.55. The molecule has 0 aliphatic carbocycles. The van der Waals surface area contributed by atoms with Gasteiger partial charge in [0.2, 0.25) is 0 Å². The maximum Gasteiger partial charge on any atom is 0.285 e. The smallest absolute Gasteiger partial charge is 0.285 e. The molecular formula is C13H16N2O3S. The highest BCUT2D eigenvalue weighted by Gasteiger charge is 2.35. The Labute approximate surface area is 112 Å². The molecule has 102 valence electrons. The van der Waals surface area contributed by atoms with E-state index in [9.17, 15) is 13.5 Å². The third kappa shape index (κ3) is 2.15. The summed E-state index contributed by atoms with van der Waals surface area (Å²) in [7, 11) is -3.55. The molecule has 0 radical (unpaired) electrons. The summed E-state index contributed by atoms with van der Waals surface area (Å²) in [5, 5.41) is 9.95. The highest BCUT2D eigenvalue weighted by Crippen LogP contribution is 2.30. The zero-order valence-corrected chi connectivity index (χ0v) is 11.5. The van der Waals surface area contributed by atoms with E-state index in [0.29, 0.717) is 37.3 Å². The van der Waals surface area contributed by atoms with Gasteiger partial charge in [0.15, 0.2) is 5.84 Å². The third-order valence-corrected chi connectivity index (χ3v) is 5.08. The van der Waals surface area contributed by atoms with Crippen LogP contribution in [0, 0.1) is 0 Å². The van der Waals surface area contributed by atoms with E-state index >= 15 is 0 Å². The Hall–Kier alpha value is -1.40. The molecule has 5 nitrogen and oxygen atoms in total. The van der Waals surface area contributed by atoms with Crippen molar-refractivity contribution in [2.75, 3.05) is 13.1 Å². The van der Waals surface area contributed by atoms with Gasteiger partial charge in [0.05, 0.1) is 5.60 Å². The summed E-state index contributed by atoms with van der Waals surface area (Å²) >= 11 is 0. The molecule has 1 aromatic rings. The van der Waals surface area contributed by atoms with Crippen LogP contribution in [0.5, 0.6) is 0 Å². The van der Waals surface area contributed by atoms with E-state index in [0.717, 1.165) is 0 Å². The quantitative estimate of drug-likeness (QED) is 0.769. The Morgan fingerprint density at radius 1 is 1.26 bits per heavy atom. The van der Waals surface area contributed by atoms with E-state index in [1.165, 1.54) is 0 Å². The van der Waals surface area contributed by atoms with Gasteiger partial charge in [0, 0.05) is 18.7 Å². The van der Waals surface area contributed by atoms with Gasteiger partial charge in [-0.15, -0.1) is 4.40 Å². The van der Waals surface area contributed by atoms with Crippen molar-refractivity contribution in [3.05, 3.63) is 29.8 Å². The van der Waals surface area contributed by atoms with E-state index in [1.807, 2.05) is 17.9 Å². The molecule has 0 aromatic heterocycles. The Morgan fingerprint density at radius 3 is 2.58 bits per heavy atom. The molecule has 2 heterocycles. The van der Waals surface area contributed by atoms with Gasteiger partial charge in [-0.1, -0.05) is 12.1 Å². The van der Waals surface area contributed by atoms with Crippen molar-refractivity contribution in [2.24, 2.45) is 4.40 Å². The minimum absolute atomic E-state index is 0.280. The number of nitrogens with zero attached hydrogens (tertiary/aromatic N) is 2. The Bertz CT molecular complexity index is 640. The molecule has 2 aliphatic rings. The number of aliphatic hydroxyl groups is 1. The number of hydrogen-bond donors (Lipinski definition) is 1. The summed E-state index contributed by atoms with van der Waals surface area (Å²) in [6.07, 6.45) is 1.24. The molecule has 0 spiro atoms. The lowest BCUT2D eigenvalue weighted by molar-refractivity contribution is 0.0101. The Balaban J connectivity index is 1.96. The van der Waals surface area contributed by atoms with Crippen LogP contribution in [0.4, 0.5) is 0 Å². The van der Waals surface area contributed by atoms with Gasteiger partial charge in [-0.25, -0.2) is 0 Å². The van der Waals surface area contributed by atoms with Gasteiger partial charge in [-0.3, -0.25) is 0 Å². The summed E-state index contributed by atoms with van der Waals surface area (Å²) in [4.78, 5) is 2.23.